The molecule has 0 unspecified atom stereocenters. The van der Waals surface area contributed by atoms with Crippen molar-refractivity contribution in [2.75, 3.05) is 0 Å². The second-order valence-corrected chi connectivity index (χ2v) is 10.7. The molecular weight excluding hydrogens is 348 g/mol. The SMILES string of the molecule is CCCCCCCCCCC[Si](C)(Oc1ccccc1)Oc1ccccc1. The normalized spacial score (nSPS) is 11.3. The van der Waals surface area contributed by atoms with Crippen LogP contribution in [0, 0.1) is 0 Å². The Morgan fingerprint density at radius 2 is 1.00 bits per heavy atom. The molecule has 0 aliphatic carbocycles. The van der Waals surface area contributed by atoms with Crippen LogP contribution >= 0.6 is 0 Å². The van der Waals surface area contributed by atoms with Crippen molar-refractivity contribution < 1.29 is 8.85 Å². The van der Waals surface area contributed by atoms with Gasteiger partial charge in [0.25, 0.3) is 0 Å². The fourth-order valence-electron chi connectivity index (χ4n) is 3.36. The van der Waals surface area contributed by atoms with E-state index in [1.165, 1.54) is 57.8 Å². The molecule has 0 amide bonds. The predicted molar refractivity (Wildman–Crippen MR) is 118 cm³/mol. The number of para-hydroxylation sites is 2. The van der Waals surface area contributed by atoms with E-state index in [0.717, 1.165) is 17.5 Å². The van der Waals surface area contributed by atoms with Crippen LogP contribution in [0.25, 0.3) is 0 Å². The van der Waals surface area contributed by atoms with Crippen LogP contribution in [0.2, 0.25) is 12.6 Å². The fraction of sp³-hybridized carbons (Fsp3) is 0.500. The summed E-state index contributed by atoms with van der Waals surface area (Å²) in [5, 5.41) is 0. The molecule has 2 aromatic carbocycles. The number of rotatable bonds is 14. The Hall–Kier alpha value is -1.74. The first kappa shape index (κ1) is 21.6. The minimum absolute atomic E-state index is 0.915. The maximum absolute atomic E-state index is 6.39. The Bertz CT molecular complexity index is 559. The molecule has 0 fully saturated rings. The molecule has 0 radical (unpaired) electrons. The molecule has 0 aliphatic heterocycles. The molecular formula is C24H36O2Si. The van der Waals surface area contributed by atoms with E-state index in [1.807, 2.05) is 60.7 Å². The van der Waals surface area contributed by atoms with Crippen LogP contribution in [0.3, 0.4) is 0 Å². The maximum Gasteiger partial charge on any atom is 0.457 e. The molecule has 3 heteroatoms. The van der Waals surface area contributed by atoms with Crippen molar-refractivity contribution in [3.63, 3.8) is 0 Å². The van der Waals surface area contributed by atoms with E-state index in [4.69, 9.17) is 8.85 Å². The average Bonchev–Trinajstić information content (AvgIpc) is 2.68. The standard InChI is InChI=1S/C24H36O2Si/c1-3-4-5-6-7-8-9-10-17-22-27(2,25-23-18-13-11-14-19-23)26-24-20-15-12-16-21-24/h11-16,18-21H,3-10,17,22H2,1-2H3. The lowest BCUT2D eigenvalue weighted by molar-refractivity contribution is 0.384. The number of unbranched alkanes of at least 4 members (excludes halogenated alkanes) is 8. The predicted octanol–water partition coefficient (Wildman–Crippen LogP) is 7.75. The van der Waals surface area contributed by atoms with Crippen molar-refractivity contribution in [1.82, 2.24) is 0 Å². The summed E-state index contributed by atoms with van der Waals surface area (Å²) in [6.45, 7) is 4.47. The van der Waals surface area contributed by atoms with Crippen LogP contribution in [0.15, 0.2) is 60.7 Å². The van der Waals surface area contributed by atoms with Gasteiger partial charge in [0.15, 0.2) is 0 Å². The highest BCUT2D eigenvalue weighted by Gasteiger charge is 2.35. The quantitative estimate of drug-likeness (QED) is 0.245. The van der Waals surface area contributed by atoms with E-state index in [1.54, 1.807) is 0 Å². The topological polar surface area (TPSA) is 18.5 Å². The highest BCUT2D eigenvalue weighted by Crippen LogP contribution is 2.25. The minimum Gasteiger partial charge on any atom is -0.512 e. The van der Waals surface area contributed by atoms with Gasteiger partial charge in [-0.05, 0) is 30.7 Å². The Morgan fingerprint density at radius 3 is 1.44 bits per heavy atom. The zero-order valence-corrected chi connectivity index (χ0v) is 18.2. The molecule has 0 atom stereocenters. The molecule has 0 saturated heterocycles. The maximum atomic E-state index is 6.39. The van der Waals surface area contributed by atoms with Gasteiger partial charge in [0, 0.05) is 12.6 Å². The van der Waals surface area contributed by atoms with Gasteiger partial charge < -0.3 is 8.85 Å². The summed E-state index contributed by atoms with van der Waals surface area (Å²) in [4.78, 5) is 0. The molecule has 0 aliphatic rings. The molecule has 0 N–H and O–H groups in total. The van der Waals surface area contributed by atoms with Gasteiger partial charge in [-0.15, -0.1) is 0 Å². The summed E-state index contributed by atoms with van der Waals surface area (Å²) in [5.41, 5.74) is 0. The lowest BCUT2D eigenvalue weighted by Gasteiger charge is -2.28. The summed E-state index contributed by atoms with van der Waals surface area (Å²) in [6.07, 6.45) is 12.0. The van der Waals surface area contributed by atoms with Crippen molar-refractivity contribution >= 4 is 8.56 Å². The van der Waals surface area contributed by atoms with Gasteiger partial charge in [-0.25, -0.2) is 0 Å². The van der Waals surface area contributed by atoms with Gasteiger partial charge in [-0.1, -0.05) is 94.7 Å². The fourth-order valence-corrected chi connectivity index (χ4v) is 5.76. The first-order chi connectivity index (χ1) is 13.2. The van der Waals surface area contributed by atoms with Crippen molar-refractivity contribution in [3.05, 3.63) is 60.7 Å². The molecule has 148 valence electrons. The van der Waals surface area contributed by atoms with Crippen LogP contribution < -0.4 is 8.85 Å². The smallest absolute Gasteiger partial charge is 0.457 e. The van der Waals surface area contributed by atoms with Crippen LogP contribution in [-0.2, 0) is 0 Å². The third kappa shape index (κ3) is 9.14. The monoisotopic (exact) mass is 384 g/mol. The van der Waals surface area contributed by atoms with Gasteiger partial charge in [-0.2, -0.15) is 0 Å². The van der Waals surface area contributed by atoms with Gasteiger partial charge >= 0.3 is 8.56 Å². The van der Waals surface area contributed by atoms with E-state index in [9.17, 15) is 0 Å². The van der Waals surface area contributed by atoms with Crippen molar-refractivity contribution in [1.29, 1.82) is 0 Å². The summed E-state index contributed by atoms with van der Waals surface area (Å²) in [6, 6.07) is 21.2. The molecule has 0 spiro atoms. The third-order valence-electron chi connectivity index (χ3n) is 4.89. The molecule has 0 saturated carbocycles. The van der Waals surface area contributed by atoms with E-state index < -0.39 is 8.56 Å². The molecule has 2 aromatic rings. The molecule has 2 nitrogen and oxygen atoms in total. The van der Waals surface area contributed by atoms with Crippen molar-refractivity contribution in [2.45, 2.75) is 77.3 Å². The Kier molecular flexibility index (Phi) is 10.1. The third-order valence-corrected chi connectivity index (χ3v) is 7.49. The van der Waals surface area contributed by atoms with E-state index in [-0.39, 0.29) is 0 Å². The highest BCUT2D eigenvalue weighted by molar-refractivity contribution is 6.67. The van der Waals surface area contributed by atoms with Gasteiger partial charge in [0.1, 0.15) is 11.5 Å². The van der Waals surface area contributed by atoms with E-state index in [2.05, 4.69) is 13.5 Å². The van der Waals surface area contributed by atoms with Gasteiger partial charge in [-0.3, -0.25) is 0 Å². The number of hydrogen-bond acceptors (Lipinski definition) is 2. The van der Waals surface area contributed by atoms with Gasteiger partial charge in [0.05, 0.1) is 0 Å². The molecule has 0 bridgehead atoms. The van der Waals surface area contributed by atoms with Crippen LogP contribution in [0.5, 0.6) is 11.5 Å². The number of hydrogen-bond donors (Lipinski definition) is 0. The molecule has 2 rings (SSSR count). The zero-order chi connectivity index (χ0) is 19.2. The van der Waals surface area contributed by atoms with Crippen LogP contribution in [-0.4, -0.2) is 8.56 Å². The van der Waals surface area contributed by atoms with Crippen LogP contribution in [0.4, 0.5) is 0 Å². The average molecular weight is 385 g/mol. The van der Waals surface area contributed by atoms with Crippen molar-refractivity contribution in [3.8, 4) is 11.5 Å². The van der Waals surface area contributed by atoms with Crippen molar-refractivity contribution in [2.24, 2.45) is 0 Å². The lowest BCUT2D eigenvalue weighted by Crippen LogP contribution is -2.45. The van der Waals surface area contributed by atoms with E-state index in [0.29, 0.717) is 0 Å². The first-order valence-corrected chi connectivity index (χ1v) is 13.2. The summed E-state index contributed by atoms with van der Waals surface area (Å²) < 4.78 is 12.8. The Morgan fingerprint density at radius 1 is 0.593 bits per heavy atom. The minimum atomic E-state index is -2.32. The Balaban J connectivity index is 1.79. The van der Waals surface area contributed by atoms with Crippen LogP contribution in [0.1, 0.15) is 64.7 Å². The molecule has 0 aromatic heterocycles. The molecule has 0 heterocycles. The van der Waals surface area contributed by atoms with Gasteiger partial charge in [0.2, 0.25) is 0 Å². The second-order valence-electron chi connectivity index (χ2n) is 7.54. The largest absolute Gasteiger partial charge is 0.512 e. The number of benzene rings is 2. The highest BCUT2D eigenvalue weighted by atomic mass is 28.4. The second kappa shape index (κ2) is 12.6. The zero-order valence-electron chi connectivity index (χ0n) is 17.2. The molecule has 27 heavy (non-hydrogen) atoms. The Labute approximate surface area is 167 Å². The lowest BCUT2D eigenvalue weighted by atomic mass is 10.1. The summed E-state index contributed by atoms with van der Waals surface area (Å²) >= 11 is 0. The van der Waals surface area contributed by atoms with E-state index >= 15 is 0 Å². The summed E-state index contributed by atoms with van der Waals surface area (Å²) in [7, 11) is -2.32. The first-order valence-electron chi connectivity index (χ1n) is 10.7. The summed E-state index contributed by atoms with van der Waals surface area (Å²) in [5.74, 6) is 1.83.